The van der Waals surface area contributed by atoms with Gasteiger partial charge in [0.1, 0.15) is 12.6 Å². The molecule has 0 radical (unpaired) electrons. The molecule has 1 heterocycles. The maximum Gasteiger partial charge on any atom is 0.410 e. The van der Waals surface area contributed by atoms with E-state index in [-0.39, 0.29) is 12.6 Å². The van der Waals surface area contributed by atoms with Crippen LogP contribution in [0.2, 0.25) is 0 Å². The summed E-state index contributed by atoms with van der Waals surface area (Å²) in [7, 11) is 0. The standard InChI is InChI=1S/C10H15NO4/c12-9(13)6-11-5-8(15-10(11)14)7-3-1-2-4-7/h7-8H,1-6H2,(H,12,13). The number of rotatable bonds is 3. The Bertz CT molecular complexity index is 273. The quantitative estimate of drug-likeness (QED) is 0.761. The average molecular weight is 213 g/mol. The zero-order valence-corrected chi connectivity index (χ0v) is 8.52. The molecule has 1 amide bonds. The fourth-order valence-corrected chi connectivity index (χ4v) is 2.40. The Labute approximate surface area is 88.0 Å². The molecule has 1 aliphatic carbocycles. The minimum Gasteiger partial charge on any atom is -0.480 e. The summed E-state index contributed by atoms with van der Waals surface area (Å²) in [5, 5.41) is 8.59. The van der Waals surface area contributed by atoms with Gasteiger partial charge in [-0.15, -0.1) is 0 Å². The van der Waals surface area contributed by atoms with Gasteiger partial charge in [-0.1, -0.05) is 12.8 Å². The van der Waals surface area contributed by atoms with Gasteiger partial charge in [0, 0.05) is 0 Å². The number of aliphatic carboxylic acids is 1. The monoisotopic (exact) mass is 213 g/mol. The van der Waals surface area contributed by atoms with Gasteiger partial charge in [0.25, 0.3) is 0 Å². The molecule has 1 aliphatic heterocycles. The van der Waals surface area contributed by atoms with Crippen molar-refractivity contribution in [2.45, 2.75) is 31.8 Å². The van der Waals surface area contributed by atoms with Crippen molar-refractivity contribution < 1.29 is 19.4 Å². The molecule has 84 valence electrons. The van der Waals surface area contributed by atoms with Crippen molar-refractivity contribution in [3.63, 3.8) is 0 Å². The van der Waals surface area contributed by atoms with Crippen LogP contribution in [0.3, 0.4) is 0 Å². The molecule has 0 bridgehead atoms. The molecular formula is C10H15NO4. The summed E-state index contributed by atoms with van der Waals surface area (Å²) in [6, 6.07) is 0. The molecule has 2 aliphatic rings. The van der Waals surface area contributed by atoms with Gasteiger partial charge in [-0.05, 0) is 18.8 Å². The number of carbonyl (C=O) groups excluding carboxylic acids is 1. The van der Waals surface area contributed by atoms with Crippen LogP contribution in [0.4, 0.5) is 4.79 Å². The average Bonchev–Trinajstić information content (AvgIpc) is 2.75. The number of hydrogen-bond donors (Lipinski definition) is 1. The Hall–Kier alpha value is -1.26. The number of ether oxygens (including phenoxy) is 1. The Balaban J connectivity index is 1.90. The molecule has 1 unspecified atom stereocenters. The fraction of sp³-hybridized carbons (Fsp3) is 0.800. The van der Waals surface area contributed by atoms with Crippen molar-refractivity contribution in [3.8, 4) is 0 Å². The molecule has 15 heavy (non-hydrogen) atoms. The SMILES string of the molecule is O=C(O)CN1CC(C2CCCC2)OC1=O. The summed E-state index contributed by atoms with van der Waals surface area (Å²) < 4.78 is 5.18. The van der Waals surface area contributed by atoms with Gasteiger partial charge in [0.2, 0.25) is 0 Å². The predicted octanol–water partition coefficient (Wildman–Crippen LogP) is 1.08. The van der Waals surface area contributed by atoms with Gasteiger partial charge < -0.3 is 9.84 Å². The van der Waals surface area contributed by atoms with Gasteiger partial charge >= 0.3 is 12.1 Å². The zero-order chi connectivity index (χ0) is 10.8. The lowest BCUT2D eigenvalue weighted by Gasteiger charge is -2.15. The first-order valence-corrected chi connectivity index (χ1v) is 5.34. The van der Waals surface area contributed by atoms with E-state index < -0.39 is 12.1 Å². The van der Waals surface area contributed by atoms with E-state index in [0.717, 1.165) is 12.8 Å². The predicted molar refractivity (Wildman–Crippen MR) is 51.4 cm³/mol. The van der Waals surface area contributed by atoms with Crippen LogP contribution in [0.5, 0.6) is 0 Å². The number of nitrogens with zero attached hydrogens (tertiary/aromatic N) is 1. The third-order valence-corrected chi connectivity index (χ3v) is 3.16. The Morgan fingerprint density at radius 1 is 1.47 bits per heavy atom. The highest BCUT2D eigenvalue weighted by molar-refractivity contribution is 5.77. The second-order valence-electron chi connectivity index (χ2n) is 4.24. The van der Waals surface area contributed by atoms with Crippen molar-refractivity contribution >= 4 is 12.1 Å². The van der Waals surface area contributed by atoms with E-state index in [1.54, 1.807) is 0 Å². The Kier molecular flexibility index (Phi) is 2.79. The normalized spacial score (nSPS) is 27.1. The molecule has 1 saturated heterocycles. The first-order valence-electron chi connectivity index (χ1n) is 5.34. The van der Waals surface area contributed by atoms with Crippen LogP contribution < -0.4 is 0 Å². The largest absolute Gasteiger partial charge is 0.480 e. The smallest absolute Gasteiger partial charge is 0.410 e. The van der Waals surface area contributed by atoms with Gasteiger partial charge in [-0.2, -0.15) is 0 Å². The van der Waals surface area contributed by atoms with Crippen LogP contribution in [-0.2, 0) is 9.53 Å². The van der Waals surface area contributed by atoms with Crippen LogP contribution in [-0.4, -0.2) is 41.3 Å². The minimum atomic E-state index is -0.987. The summed E-state index contributed by atoms with van der Waals surface area (Å²) in [4.78, 5) is 23.1. The molecule has 2 fully saturated rings. The number of hydrogen-bond acceptors (Lipinski definition) is 3. The number of carbonyl (C=O) groups is 2. The summed E-state index contributed by atoms with van der Waals surface area (Å²) in [5.41, 5.74) is 0. The highest BCUT2D eigenvalue weighted by Gasteiger charge is 2.38. The zero-order valence-electron chi connectivity index (χ0n) is 8.52. The molecule has 0 aromatic carbocycles. The summed E-state index contributed by atoms with van der Waals surface area (Å²) in [6.07, 6.45) is 4.01. The number of carboxylic acids is 1. The van der Waals surface area contributed by atoms with Gasteiger partial charge in [-0.25, -0.2) is 4.79 Å². The van der Waals surface area contributed by atoms with Crippen LogP contribution in [0.25, 0.3) is 0 Å². The second-order valence-corrected chi connectivity index (χ2v) is 4.24. The van der Waals surface area contributed by atoms with E-state index in [4.69, 9.17) is 9.84 Å². The molecule has 0 spiro atoms. The fourth-order valence-electron chi connectivity index (χ4n) is 2.40. The first kappa shape index (κ1) is 10.3. The lowest BCUT2D eigenvalue weighted by atomic mass is 10.0. The molecule has 1 saturated carbocycles. The topological polar surface area (TPSA) is 66.8 Å². The van der Waals surface area contributed by atoms with E-state index in [1.165, 1.54) is 17.7 Å². The highest BCUT2D eigenvalue weighted by Crippen LogP contribution is 2.32. The van der Waals surface area contributed by atoms with Crippen LogP contribution in [0.1, 0.15) is 25.7 Å². The maximum absolute atomic E-state index is 11.3. The second kappa shape index (κ2) is 4.08. The van der Waals surface area contributed by atoms with Crippen molar-refractivity contribution in [3.05, 3.63) is 0 Å². The van der Waals surface area contributed by atoms with E-state index >= 15 is 0 Å². The molecule has 1 N–H and O–H groups in total. The van der Waals surface area contributed by atoms with E-state index in [1.807, 2.05) is 0 Å². The Morgan fingerprint density at radius 2 is 2.13 bits per heavy atom. The summed E-state index contributed by atoms with van der Waals surface area (Å²) in [6.45, 7) is 0.192. The van der Waals surface area contributed by atoms with Crippen molar-refractivity contribution in [2.24, 2.45) is 5.92 Å². The third-order valence-electron chi connectivity index (χ3n) is 3.16. The Morgan fingerprint density at radius 3 is 2.73 bits per heavy atom. The lowest BCUT2D eigenvalue weighted by molar-refractivity contribution is -0.137. The highest BCUT2D eigenvalue weighted by atomic mass is 16.6. The van der Waals surface area contributed by atoms with Crippen LogP contribution in [0.15, 0.2) is 0 Å². The third kappa shape index (κ3) is 2.22. The lowest BCUT2D eigenvalue weighted by Crippen LogP contribution is -2.31. The van der Waals surface area contributed by atoms with Crippen molar-refractivity contribution in [1.82, 2.24) is 4.90 Å². The molecule has 0 aromatic heterocycles. The summed E-state index contributed by atoms with van der Waals surface area (Å²) >= 11 is 0. The minimum absolute atomic E-state index is 0.0839. The van der Waals surface area contributed by atoms with Crippen molar-refractivity contribution in [1.29, 1.82) is 0 Å². The number of amides is 1. The molecule has 5 heteroatoms. The van der Waals surface area contributed by atoms with Gasteiger partial charge in [-0.3, -0.25) is 9.69 Å². The van der Waals surface area contributed by atoms with E-state index in [9.17, 15) is 9.59 Å². The molecule has 2 rings (SSSR count). The van der Waals surface area contributed by atoms with E-state index in [2.05, 4.69) is 0 Å². The first-order chi connectivity index (χ1) is 7.16. The maximum atomic E-state index is 11.3. The number of carboxylic acid groups (broad SMARTS) is 1. The molecule has 1 atom stereocenters. The van der Waals surface area contributed by atoms with Crippen LogP contribution >= 0.6 is 0 Å². The van der Waals surface area contributed by atoms with Gasteiger partial charge in [0.15, 0.2) is 0 Å². The summed E-state index contributed by atoms with van der Waals surface area (Å²) in [5.74, 6) is -0.549. The number of cyclic esters (lactones) is 1. The van der Waals surface area contributed by atoms with Crippen molar-refractivity contribution in [2.75, 3.05) is 13.1 Å². The molecular weight excluding hydrogens is 198 g/mol. The van der Waals surface area contributed by atoms with E-state index in [0.29, 0.717) is 12.5 Å². The molecule has 5 nitrogen and oxygen atoms in total. The van der Waals surface area contributed by atoms with Crippen LogP contribution in [0, 0.1) is 5.92 Å². The van der Waals surface area contributed by atoms with Gasteiger partial charge in [0.05, 0.1) is 6.54 Å². The molecule has 0 aromatic rings.